The summed E-state index contributed by atoms with van der Waals surface area (Å²) in [6, 6.07) is 9.78. The fraction of sp³-hybridized carbons (Fsp3) is 0.308. The van der Waals surface area contributed by atoms with Gasteiger partial charge in [0.15, 0.2) is 0 Å². The molecule has 1 aromatic heterocycles. The Kier molecular flexibility index (Phi) is 3.06. The molecule has 92 valence electrons. The second-order valence-electron chi connectivity index (χ2n) is 4.26. The summed E-state index contributed by atoms with van der Waals surface area (Å²) in [6.07, 6.45) is 2.30. The molecule has 0 amide bonds. The van der Waals surface area contributed by atoms with Gasteiger partial charge in [-0.25, -0.2) is 4.98 Å². The summed E-state index contributed by atoms with van der Waals surface area (Å²) in [6.45, 7) is 1.89. The summed E-state index contributed by atoms with van der Waals surface area (Å²) in [5, 5.41) is 0.748. The Balaban J connectivity index is 2.03. The predicted octanol–water partition coefficient (Wildman–Crippen LogP) is 2.17. The molecule has 1 aliphatic heterocycles. The number of benzene rings is 1. The van der Waals surface area contributed by atoms with Crippen LogP contribution >= 0.6 is 11.3 Å². The van der Waals surface area contributed by atoms with E-state index in [0.717, 1.165) is 47.8 Å². The summed E-state index contributed by atoms with van der Waals surface area (Å²) >= 11 is 1.10. The SMILES string of the molecule is O=c1nc(N2CCCC2)nc(-c2ccccc2)s1. The molecule has 0 unspecified atom stereocenters. The maximum absolute atomic E-state index is 11.7. The molecular weight excluding hydrogens is 246 g/mol. The maximum atomic E-state index is 11.7. The van der Waals surface area contributed by atoms with Crippen molar-refractivity contribution in [1.29, 1.82) is 0 Å². The fourth-order valence-corrected chi connectivity index (χ4v) is 2.76. The van der Waals surface area contributed by atoms with Crippen LogP contribution in [0.2, 0.25) is 0 Å². The van der Waals surface area contributed by atoms with Gasteiger partial charge in [-0.15, -0.1) is 0 Å². The van der Waals surface area contributed by atoms with Crippen LogP contribution in [-0.2, 0) is 0 Å². The van der Waals surface area contributed by atoms with Gasteiger partial charge in [0, 0.05) is 18.7 Å². The third kappa shape index (κ3) is 2.26. The molecule has 18 heavy (non-hydrogen) atoms. The van der Waals surface area contributed by atoms with E-state index in [0.29, 0.717) is 5.95 Å². The van der Waals surface area contributed by atoms with Crippen molar-refractivity contribution >= 4 is 17.3 Å². The Labute approximate surface area is 109 Å². The predicted molar refractivity (Wildman–Crippen MR) is 73.1 cm³/mol. The Morgan fingerprint density at radius 3 is 2.50 bits per heavy atom. The molecule has 1 aliphatic rings. The van der Waals surface area contributed by atoms with Gasteiger partial charge in [-0.3, -0.25) is 4.79 Å². The van der Waals surface area contributed by atoms with E-state index in [1.54, 1.807) is 0 Å². The van der Waals surface area contributed by atoms with E-state index in [9.17, 15) is 4.79 Å². The fourth-order valence-electron chi connectivity index (χ4n) is 2.09. The molecule has 1 aromatic carbocycles. The minimum Gasteiger partial charge on any atom is -0.341 e. The molecule has 2 aromatic rings. The standard InChI is InChI=1S/C13H13N3OS/c17-13-15-12(16-8-4-5-9-16)14-11(18-13)10-6-2-1-3-7-10/h1-3,6-7H,4-5,8-9H2. The van der Waals surface area contributed by atoms with Gasteiger partial charge >= 0.3 is 4.87 Å². The van der Waals surface area contributed by atoms with Gasteiger partial charge in [0.25, 0.3) is 0 Å². The van der Waals surface area contributed by atoms with Crippen molar-refractivity contribution in [2.24, 2.45) is 0 Å². The molecule has 5 heteroatoms. The van der Waals surface area contributed by atoms with E-state index >= 15 is 0 Å². The molecule has 0 aliphatic carbocycles. The first kappa shape index (κ1) is 11.3. The molecule has 1 fully saturated rings. The van der Waals surface area contributed by atoms with Crippen LogP contribution < -0.4 is 9.77 Å². The van der Waals surface area contributed by atoms with Gasteiger partial charge in [-0.05, 0) is 12.8 Å². The highest BCUT2D eigenvalue weighted by molar-refractivity contribution is 7.12. The second-order valence-corrected chi connectivity index (χ2v) is 5.20. The highest BCUT2D eigenvalue weighted by atomic mass is 32.1. The first-order valence-electron chi connectivity index (χ1n) is 6.02. The lowest BCUT2D eigenvalue weighted by Gasteiger charge is -2.14. The summed E-state index contributed by atoms with van der Waals surface area (Å²) < 4.78 is 0. The number of aromatic nitrogens is 2. The first-order valence-corrected chi connectivity index (χ1v) is 6.84. The Hall–Kier alpha value is -1.75. The smallest absolute Gasteiger partial charge is 0.331 e. The van der Waals surface area contributed by atoms with Crippen molar-refractivity contribution in [2.75, 3.05) is 18.0 Å². The Bertz CT molecular complexity index is 591. The lowest BCUT2D eigenvalue weighted by atomic mass is 10.2. The zero-order valence-electron chi connectivity index (χ0n) is 9.87. The van der Waals surface area contributed by atoms with Crippen LogP contribution in [0.25, 0.3) is 10.6 Å². The van der Waals surface area contributed by atoms with Crippen molar-refractivity contribution < 1.29 is 0 Å². The zero-order chi connectivity index (χ0) is 12.4. The molecule has 4 nitrogen and oxygen atoms in total. The van der Waals surface area contributed by atoms with E-state index in [1.807, 2.05) is 30.3 Å². The van der Waals surface area contributed by atoms with Crippen LogP contribution in [0.15, 0.2) is 35.1 Å². The minimum absolute atomic E-state index is 0.175. The van der Waals surface area contributed by atoms with E-state index in [2.05, 4.69) is 14.9 Å². The lowest BCUT2D eigenvalue weighted by Crippen LogP contribution is -2.23. The topological polar surface area (TPSA) is 46.1 Å². The van der Waals surface area contributed by atoms with Crippen molar-refractivity contribution in [3.05, 3.63) is 40.0 Å². The molecule has 0 radical (unpaired) electrons. The van der Waals surface area contributed by atoms with Gasteiger partial charge in [0.05, 0.1) is 0 Å². The molecule has 0 N–H and O–H groups in total. The van der Waals surface area contributed by atoms with Gasteiger partial charge in [-0.2, -0.15) is 4.98 Å². The first-order chi connectivity index (χ1) is 8.83. The number of hydrogen-bond donors (Lipinski definition) is 0. The van der Waals surface area contributed by atoms with E-state index in [-0.39, 0.29) is 4.87 Å². The molecule has 2 heterocycles. The molecule has 0 saturated carbocycles. The highest BCUT2D eigenvalue weighted by Gasteiger charge is 2.16. The molecule has 0 bridgehead atoms. The van der Waals surface area contributed by atoms with E-state index in [1.165, 1.54) is 0 Å². The van der Waals surface area contributed by atoms with Crippen LogP contribution in [-0.4, -0.2) is 23.1 Å². The van der Waals surface area contributed by atoms with Crippen molar-refractivity contribution in [3.8, 4) is 10.6 Å². The Morgan fingerprint density at radius 2 is 1.78 bits per heavy atom. The number of rotatable bonds is 2. The highest BCUT2D eigenvalue weighted by Crippen LogP contribution is 2.22. The average molecular weight is 259 g/mol. The third-order valence-corrected chi connectivity index (χ3v) is 3.77. The molecular formula is C13H13N3OS. The molecule has 0 atom stereocenters. The summed E-state index contributed by atoms with van der Waals surface area (Å²) in [4.78, 5) is 22.1. The van der Waals surface area contributed by atoms with Crippen molar-refractivity contribution in [1.82, 2.24) is 9.97 Å². The van der Waals surface area contributed by atoms with Crippen LogP contribution in [0, 0.1) is 0 Å². The molecule has 0 spiro atoms. The second kappa shape index (κ2) is 4.86. The minimum atomic E-state index is -0.175. The zero-order valence-corrected chi connectivity index (χ0v) is 10.7. The van der Waals surface area contributed by atoms with E-state index in [4.69, 9.17) is 0 Å². The van der Waals surface area contributed by atoms with Crippen LogP contribution in [0.4, 0.5) is 5.95 Å². The van der Waals surface area contributed by atoms with Crippen molar-refractivity contribution in [2.45, 2.75) is 12.8 Å². The van der Waals surface area contributed by atoms with Crippen LogP contribution in [0.1, 0.15) is 12.8 Å². The Morgan fingerprint density at radius 1 is 1.06 bits per heavy atom. The van der Waals surface area contributed by atoms with Gasteiger partial charge < -0.3 is 4.90 Å². The van der Waals surface area contributed by atoms with Crippen LogP contribution in [0.3, 0.4) is 0 Å². The van der Waals surface area contributed by atoms with Gasteiger partial charge in [0.1, 0.15) is 5.01 Å². The van der Waals surface area contributed by atoms with Crippen LogP contribution in [0.5, 0.6) is 0 Å². The van der Waals surface area contributed by atoms with Gasteiger partial charge in [-0.1, -0.05) is 41.7 Å². The normalized spacial score (nSPS) is 15.0. The third-order valence-electron chi connectivity index (χ3n) is 2.99. The molecule has 1 saturated heterocycles. The van der Waals surface area contributed by atoms with Gasteiger partial charge in [0.2, 0.25) is 5.95 Å². The average Bonchev–Trinajstić information content (AvgIpc) is 2.93. The monoisotopic (exact) mass is 259 g/mol. The lowest BCUT2D eigenvalue weighted by molar-refractivity contribution is 0.901. The largest absolute Gasteiger partial charge is 0.341 e. The van der Waals surface area contributed by atoms with E-state index < -0.39 is 0 Å². The summed E-state index contributed by atoms with van der Waals surface area (Å²) in [5.41, 5.74) is 0.974. The number of nitrogens with zero attached hydrogens (tertiary/aromatic N) is 3. The van der Waals surface area contributed by atoms with Crippen molar-refractivity contribution in [3.63, 3.8) is 0 Å². The maximum Gasteiger partial charge on any atom is 0.331 e. The summed E-state index contributed by atoms with van der Waals surface area (Å²) in [5.74, 6) is 0.579. The summed E-state index contributed by atoms with van der Waals surface area (Å²) in [7, 11) is 0. The quantitative estimate of drug-likeness (QED) is 0.829. The number of anilines is 1. The molecule has 3 rings (SSSR count). The number of hydrogen-bond acceptors (Lipinski definition) is 5.